The summed E-state index contributed by atoms with van der Waals surface area (Å²) in [5.41, 5.74) is 5.16. The minimum atomic E-state index is -0.690. The number of hydrogen-bond acceptors (Lipinski definition) is 3. The van der Waals surface area contributed by atoms with Crippen LogP contribution in [0, 0.1) is 5.41 Å². The van der Waals surface area contributed by atoms with Gasteiger partial charge in [-0.25, -0.2) is 0 Å². The second kappa shape index (κ2) is 4.55. The number of nitrogens with zero attached hydrogens (tertiary/aromatic N) is 1. The molecule has 0 rings (SSSR count). The Balaban J connectivity index is 4.30. The zero-order chi connectivity index (χ0) is 11.5. The van der Waals surface area contributed by atoms with E-state index in [-0.39, 0.29) is 18.1 Å². The molecule has 0 aromatic carbocycles. The largest absolute Gasteiger partial charge is 0.349 e. The number of amides is 1. The highest BCUT2D eigenvalue weighted by Crippen LogP contribution is 2.17. The van der Waals surface area contributed by atoms with Crippen LogP contribution in [-0.4, -0.2) is 36.7 Å². The summed E-state index contributed by atoms with van der Waals surface area (Å²) in [4.78, 5) is 24.3. The van der Waals surface area contributed by atoms with Gasteiger partial charge in [0.15, 0.2) is 5.78 Å². The van der Waals surface area contributed by atoms with Crippen molar-refractivity contribution in [2.24, 2.45) is 11.1 Å². The number of carbonyl (C=O) groups is 2. The van der Waals surface area contributed by atoms with Crippen molar-refractivity contribution in [2.45, 2.75) is 33.2 Å². The van der Waals surface area contributed by atoms with Crippen LogP contribution in [0.5, 0.6) is 0 Å². The lowest BCUT2D eigenvalue weighted by Crippen LogP contribution is -2.42. The zero-order valence-electron chi connectivity index (χ0n) is 9.63. The molecule has 1 atom stereocenters. The lowest BCUT2D eigenvalue weighted by molar-refractivity contribution is -0.134. The standard InChI is InChI=1S/C10H20N2O2/c1-10(2,3)9(14)7(11)6-8(13)12(4)5/h7H,6,11H2,1-5H3. The molecular formula is C10H20N2O2. The summed E-state index contributed by atoms with van der Waals surface area (Å²) in [5.74, 6) is -0.192. The number of Topliss-reactive ketones (excluding diaryl/α,β-unsaturated/α-hetero) is 1. The molecule has 0 radical (unpaired) electrons. The fraction of sp³-hybridized carbons (Fsp3) is 0.800. The van der Waals surface area contributed by atoms with E-state index in [1.165, 1.54) is 4.90 Å². The van der Waals surface area contributed by atoms with E-state index in [4.69, 9.17) is 5.73 Å². The van der Waals surface area contributed by atoms with Gasteiger partial charge in [-0.05, 0) is 0 Å². The summed E-state index contributed by atoms with van der Waals surface area (Å²) in [7, 11) is 3.30. The van der Waals surface area contributed by atoms with Crippen LogP contribution in [0.1, 0.15) is 27.2 Å². The Morgan fingerprint density at radius 3 is 2.00 bits per heavy atom. The van der Waals surface area contributed by atoms with Gasteiger partial charge in [-0.1, -0.05) is 20.8 Å². The first-order valence-electron chi connectivity index (χ1n) is 4.66. The van der Waals surface area contributed by atoms with Crippen molar-refractivity contribution in [3.8, 4) is 0 Å². The molecule has 14 heavy (non-hydrogen) atoms. The second-order valence-electron chi connectivity index (χ2n) is 4.71. The predicted octanol–water partition coefficient (Wildman–Crippen LogP) is 0.407. The highest BCUT2D eigenvalue weighted by molar-refractivity contribution is 5.92. The molecule has 0 aromatic heterocycles. The Hall–Kier alpha value is -0.900. The summed E-state index contributed by atoms with van der Waals surface area (Å²) in [6, 6.07) is -0.690. The van der Waals surface area contributed by atoms with E-state index in [1.54, 1.807) is 34.9 Å². The molecule has 0 bridgehead atoms. The van der Waals surface area contributed by atoms with Crippen LogP contribution in [0.15, 0.2) is 0 Å². The predicted molar refractivity (Wildman–Crippen MR) is 55.7 cm³/mol. The third kappa shape index (κ3) is 3.87. The lowest BCUT2D eigenvalue weighted by atomic mass is 9.85. The summed E-state index contributed by atoms with van der Waals surface area (Å²) in [6.07, 6.45) is 0.0864. The van der Waals surface area contributed by atoms with Gasteiger partial charge in [0.1, 0.15) is 0 Å². The van der Waals surface area contributed by atoms with Crippen LogP contribution in [0.4, 0.5) is 0 Å². The number of nitrogens with two attached hydrogens (primary N) is 1. The van der Waals surface area contributed by atoms with E-state index in [9.17, 15) is 9.59 Å². The maximum absolute atomic E-state index is 11.6. The zero-order valence-corrected chi connectivity index (χ0v) is 9.63. The molecule has 0 aromatic rings. The molecule has 0 spiro atoms. The van der Waals surface area contributed by atoms with Crippen molar-refractivity contribution in [1.82, 2.24) is 4.90 Å². The van der Waals surface area contributed by atoms with Crippen molar-refractivity contribution in [3.63, 3.8) is 0 Å². The molecule has 0 saturated heterocycles. The van der Waals surface area contributed by atoms with Crippen LogP contribution >= 0.6 is 0 Å². The SMILES string of the molecule is CN(C)C(=O)CC(N)C(=O)C(C)(C)C. The Morgan fingerprint density at radius 1 is 1.29 bits per heavy atom. The third-order valence-corrected chi connectivity index (χ3v) is 1.97. The van der Waals surface area contributed by atoms with Gasteiger partial charge in [-0.15, -0.1) is 0 Å². The molecule has 2 N–H and O–H groups in total. The number of rotatable bonds is 3. The number of hydrogen-bond donors (Lipinski definition) is 1. The molecule has 1 amide bonds. The molecule has 4 nitrogen and oxygen atoms in total. The van der Waals surface area contributed by atoms with Crippen molar-refractivity contribution in [3.05, 3.63) is 0 Å². The molecule has 0 heterocycles. The van der Waals surface area contributed by atoms with Crippen LogP contribution < -0.4 is 5.73 Å². The van der Waals surface area contributed by atoms with E-state index in [0.29, 0.717) is 0 Å². The average Bonchev–Trinajstić information content (AvgIpc) is 2.00. The van der Waals surface area contributed by atoms with Crippen LogP contribution in [0.2, 0.25) is 0 Å². The van der Waals surface area contributed by atoms with Gasteiger partial charge in [-0.2, -0.15) is 0 Å². The van der Waals surface area contributed by atoms with Gasteiger partial charge in [0.25, 0.3) is 0 Å². The van der Waals surface area contributed by atoms with Gasteiger partial charge in [0.05, 0.1) is 6.04 Å². The van der Waals surface area contributed by atoms with Crippen molar-refractivity contribution in [1.29, 1.82) is 0 Å². The molecular weight excluding hydrogens is 180 g/mol. The fourth-order valence-corrected chi connectivity index (χ4v) is 1.02. The van der Waals surface area contributed by atoms with E-state index >= 15 is 0 Å². The Kier molecular flexibility index (Phi) is 4.26. The maximum Gasteiger partial charge on any atom is 0.224 e. The highest BCUT2D eigenvalue weighted by atomic mass is 16.2. The van der Waals surface area contributed by atoms with Crippen LogP contribution in [0.3, 0.4) is 0 Å². The first-order valence-corrected chi connectivity index (χ1v) is 4.66. The molecule has 0 aliphatic carbocycles. The van der Waals surface area contributed by atoms with Gasteiger partial charge in [-0.3, -0.25) is 9.59 Å². The Bertz CT molecular complexity index is 229. The minimum absolute atomic E-state index is 0.0762. The van der Waals surface area contributed by atoms with Crippen LogP contribution in [0.25, 0.3) is 0 Å². The van der Waals surface area contributed by atoms with E-state index < -0.39 is 11.5 Å². The van der Waals surface area contributed by atoms with E-state index in [1.807, 2.05) is 0 Å². The molecule has 82 valence electrons. The van der Waals surface area contributed by atoms with Crippen LogP contribution in [-0.2, 0) is 9.59 Å². The Morgan fingerprint density at radius 2 is 1.71 bits per heavy atom. The summed E-state index contributed by atoms with van der Waals surface area (Å²) in [5, 5.41) is 0. The topological polar surface area (TPSA) is 63.4 Å². The Labute approximate surface area is 85.4 Å². The summed E-state index contributed by atoms with van der Waals surface area (Å²) in [6.45, 7) is 5.40. The fourth-order valence-electron chi connectivity index (χ4n) is 1.02. The molecule has 0 fully saturated rings. The van der Waals surface area contributed by atoms with E-state index in [0.717, 1.165) is 0 Å². The second-order valence-corrected chi connectivity index (χ2v) is 4.71. The molecule has 0 aliphatic rings. The molecule has 0 aliphatic heterocycles. The van der Waals surface area contributed by atoms with Gasteiger partial charge >= 0.3 is 0 Å². The van der Waals surface area contributed by atoms with Crippen molar-refractivity contribution >= 4 is 11.7 Å². The molecule has 4 heteroatoms. The highest BCUT2D eigenvalue weighted by Gasteiger charge is 2.28. The van der Waals surface area contributed by atoms with Crippen molar-refractivity contribution < 1.29 is 9.59 Å². The molecule has 1 unspecified atom stereocenters. The smallest absolute Gasteiger partial charge is 0.224 e. The first-order chi connectivity index (χ1) is 6.16. The summed E-state index contributed by atoms with van der Waals surface area (Å²) < 4.78 is 0. The third-order valence-electron chi connectivity index (χ3n) is 1.97. The van der Waals surface area contributed by atoms with Gasteiger partial charge < -0.3 is 10.6 Å². The lowest BCUT2D eigenvalue weighted by Gasteiger charge is -2.22. The minimum Gasteiger partial charge on any atom is -0.349 e. The van der Waals surface area contributed by atoms with Gasteiger partial charge in [0.2, 0.25) is 5.91 Å². The average molecular weight is 200 g/mol. The monoisotopic (exact) mass is 200 g/mol. The maximum atomic E-state index is 11.6. The first kappa shape index (κ1) is 13.1. The number of carbonyl (C=O) groups excluding carboxylic acids is 2. The normalized spacial score (nSPS) is 13.6. The quantitative estimate of drug-likeness (QED) is 0.717. The van der Waals surface area contributed by atoms with Crippen molar-refractivity contribution in [2.75, 3.05) is 14.1 Å². The number of ketones is 1. The summed E-state index contributed by atoms with van der Waals surface area (Å²) >= 11 is 0. The van der Waals surface area contributed by atoms with Gasteiger partial charge in [0, 0.05) is 25.9 Å². The molecule has 0 saturated carbocycles. The van der Waals surface area contributed by atoms with E-state index in [2.05, 4.69) is 0 Å².